The highest BCUT2D eigenvalue weighted by molar-refractivity contribution is 8.77. The Hall–Kier alpha value is -11.4. The number of rotatable bonds is 43. The second-order valence-electron chi connectivity index (χ2n) is 41.4. The van der Waals surface area contributed by atoms with Gasteiger partial charge in [-0.05, 0) is 176 Å². The number of aromatic hydroxyl groups is 1. The molecule has 2 bridgehead atoms. The van der Waals surface area contributed by atoms with Gasteiger partial charge in [-0.1, -0.05) is 151 Å². The third kappa shape index (κ3) is 27.5. The van der Waals surface area contributed by atoms with Crippen LogP contribution in [-0.4, -0.2) is 253 Å². The summed E-state index contributed by atoms with van der Waals surface area (Å²) in [6.07, 6.45) is -8.58. The highest BCUT2D eigenvalue weighted by Gasteiger charge is 2.77. The van der Waals surface area contributed by atoms with Crippen molar-refractivity contribution in [3.8, 4) is 5.75 Å². The topological polar surface area (TPSA) is 572 Å². The van der Waals surface area contributed by atoms with E-state index in [0.717, 1.165) is 21.6 Å². The highest BCUT2D eigenvalue weighted by Crippen LogP contribution is 2.66. The minimum atomic E-state index is -2.31. The lowest BCUT2D eigenvalue weighted by molar-refractivity contribution is -0.339. The van der Waals surface area contributed by atoms with Crippen molar-refractivity contribution in [3.63, 3.8) is 0 Å². The molecule has 2 saturated carbocycles. The maximum Gasteiger partial charge on any atom is 0.509 e. The van der Waals surface area contributed by atoms with Crippen molar-refractivity contribution in [2.45, 2.75) is 303 Å². The molecular formula is C100H143N13O25S2. The molecule has 3 aliphatic heterocycles. The van der Waals surface area contributed by atoms with Crippen LogP contribution in [0.25, 0.3) is 0 Å². The number of carboxylic acids is 1. The minimum Gasteiger partial charge on any atom is -0.508 e. The number of carbonyl (C=O) groups is 15. The lowest BCUT2D eigenvalue weighted by Crippen LogP contribution is -2.80. The first-order valence-electron chi connectivity index (χ1n) is 47.9. The molecule has 16 N–H and O–H groups in total. The first-order valence-corrected chi connectivity index (χ1v) is 50.2. The average Bonchev–Trinajstić information content (AvgIpc) is 0.760. The molecule has 0 radical (unpaired) electrons. The summed E-state index contributed by atoms with van der Waals surface area (Å²) in [7, 11) is 2.25. The predicted octanol–water partition coefficient (Wildman–Crippen LogP) is 8.87. The fourth-order valence-corrected chi connectivity index (χ4v) is 23.0. The average molecular weight is 1990 g/mol. The number of nitrogens with two attached hydrogens (primary N) is 2. The number of carbonyl (C=O) groups excluding carboxylic acids is 14. The van der Waals surface area contributed by atoms with Crippen molar-refractivity contribution in [3.05, 3.63) is 113 Å². The van der Waals surface area contributed by atoms with Gasteiger partial charge in [0.25, 0.3) is 0 Å². The molecular weight excluding hydrogens is 1850 g/mol. The van der Waals surface area contributed by atoms with E-state index >= 15 is 19.2 Å². The van der Waals surface area contributed by atoms with Crippen LogP contribution in [-0.2, 0) is 97.1 Å². The number of ketones is 3. The summed E-state index contributed by atoms with van der Waals surface area (Å²) in [6.45, 7) is 29.5. The van der Waals surface area contributed by atoms with Crippen molar-refractivity contribution in [1.29, 1.82) is 10.8 Å². The number of Topliss-reactive ketones (excluding diaryl/α,β-unsaturated/α-hetero) is 3. The van der Waals surface area contributed by atoms with Crippen LogP contribution in [0, 0.1) is 62.6 Å². The number of likely N-dealkylation sites (tertiary alicyclic amines) is 2. The van der Waals surface area contributed by atoms with Crippen molar-refractivity contribution in [2.75, 3.05) is 45.1 Å². The summed E-state index contributed by atoms with van der Waals surface area (Å²) in [5.41, 5.74) is 3.66. The van der Waals surface area contributed by atoms with Gasteiger partial charge in [0.05, 0.1) is 36.1 Å². The third-order valence-corrected chi connectivity index (χ3v) is 31.1. The molecule has 19 atom stereocenters. The first-order chi connectivity index (χ1) is 65.5. The van der Waals surface area contributed by atoms with E-state index in [1.165, 1.54) is 60.0 Å². The molecule has 9 rings (SSSR count). The maximum absolute atomic E-state index is 16.0. The molecule has 7 amide bonds. The van der Waals surface area contributed by atoms with Crippen molar-refractivity contribution in [2.24, 2.45) is 63.2 Å². The van der Waals surface area contributed by atoms with Gasteiger partial charge in [0.2, 0.25) is 41.5 Å². The summed E-state index contributed by atoms with van der Waals surface area (Å²) in [5.74, 6) is -15.9. The number of esters is 3. The lowest BCUT2D eigenvalue weighted by atomic mass is 9.42. The van der Waals surface area contributed by atoms with Crippen molar-refractivity contribution >= 4 is 122 Å². The van der Waals surface area contributed by atoms with Gasteiger partial charge < -0.3 is 107 Å². The standard InChI is InChI=1S/C100H143N13O25S2/c1-54(2)47-68(85(123)112-43-27-35-69(112)83(121)109-67(34-26-42-106-91(103)104)72(118)51-65(94(8,9)10)82(120)108-66(33-25-41-105-90(101)102)71(117)50-63(87(125)126)49-60-37-39-64(116)40-38-60)110-84(122)70-36-28-44-113(70)86(124)79(107-58(6)114)97(16,17)140-139-46-45-132-93(130)135-77(76(61-29-21-19-22-30-61)111-92(129)138-95(11,12)13)89(128)134-73-52-100(131)81(136-88(127)62-31-23-20-24-32-62)78-98(18,80(119)57(5)75(56(73)4)96(100,14)15)55(3)48-74-99(78,53-133-74)137-59(7)115/h19-24,29-32,37-40,54-55,57,63,65-70,73-74,76-79,81,116,131H,25-28,33-36,41-53H2,1-18H3,(H,107,114)(H,108,120)(H,109,121)(H,110,122)(H,111,129)(H,125,126)(H4,101,102,105)(H4,103,104,106)/t55-,57+,63+,65+,66-,67-,68-,69-,70-,73-,74+,76-,77+,78-,79+,81-,98+,99-,100+/m0/s1. The van der Waals surface area contributed by atoms with Gasteiger partial charge >= 0.3 is 36.1 Å². The van der Waals surface area contributed by atoms with Gasteiger partial charge in [-0.15, -0.1) is 0 Å². The Labute approximate surface area is 825 Å². The zero-order valence-corrected chi connectivity index (χ0v) is 85.1. The molecule has 38 nitrogen and oxygen atoms in total. The number of fused-ring (bicyclic) bond motifs is 5. The van der Waals surface area contributed by atoms with Gasteiger partial charge in [0, 0.05) is 92.5 Å². The van der Waals surface area contributed by atoms with E-state index in [2.05, 4.69) is 37.2 Å². The van der Waals surface area contributed by atoms with Crippen LogP contribution in [0.2, 0.25) is 0 Å². The lowest BCUT2D eigenvalue weighted by Gasteiger charge is -2.68. The zero-order valence-electron chi connectivity index (χ0n) is 83.4. The molecule has 5 fully saturated rings. The molecule has 0 aromatic heterocycles. The SMILES string of the molecule is CC(=O)N[C@H](C(=O)N1CCC[C@H]1C(=O)N[C@@H](CC(C)C)C(=O)N1CCC[C@H]1C(=O)N[C@@H](CCCNC(=N)N)C(=O)C[C@H](C(=O)N[C@@H](CCCNC(=N)N)C(=O)C[C@@H](Cc1ccc(O)cc1)C(=O)O)C(C)(C)C)C(C)(C)SSCCOC(=O)O[C@@H](C(=O)O[C@H]1C[C@@]2(O)[C@@H](OC(=O)c3ccccc3)[C@@H]3[C@]4(OC(C)=O)CO[C@@H]4C[C@H](C)[C@@]3(C)C(=O)[C@H](C)C(=C1C)C2(C)C)[C@@H](NC(=O)OC(C)(C)C)c1ccccc1. The van der Waals surface area contributed by atoms with Gasteiger partial charge in [0.1, 0.15) is 77.9 Å². The first kappa shape index (κ1) is 112. The number of alkyl carbamates (subject to hydrolysis) is 1. The monoisotopic (exact) mass is 1990 g/mol. The molecule has 3 saturated heterocycles. The van der Waals surface area contributed by atoms with Crippen LogP contribution in [0.3, 0.4) is 0 Å². The number of guanidine groups is 2. The van der Waals surface area contributed by atoms with Crippen LogP contribution in [0.1, 0.15) is 236 Å². The maximum atomic E-state index is 16.0. The van der Waals surface area contributed by atoms with E-state index in [1.807, 2.05) is 20.8 Å². The third-order valence-electron chi connectivity index (χ3n) is 27.8. The Bertz CT molecular complexity index is 5070. The van der Waals surface area contributed by atoms with Crippen LogP contribution in [0.15, 0.2) is 96.1 Å². The summed E-state index contributed by atoms with van der Waals surface area (Å²) in [5, 5.41) is 69.2. The van der Waals surface area contributed by atoms with Gasteiger partial charge in [-0.3, -0.25) is 63.6 Å². The number of phenols is 1. The second kappa shape index (κ2) is 47.5. The van der Waals surface area contributed by atoms with E-state index in [9.17, 15) is 68.1 Å². The number of hydrogen-bond acceptors (Lipinski definition) is 28. The quantitative estimate of drug-likeness (QED) is 0.00478. The molecule has 770 valence electrons. The van der Waals surface area contributed by atoms with Gasteiger partial charge in [0.15, 0.2) is 29.1 Å². The fraction of sp³-hybridized carbons (Fsp3) is 0.630. The Morgan fingerprint density at radius 2 is 1.26 bits per heavy atom. The predicted molar refractivity (Wildman–Crippen MR) is 520 cm³/mol. The van der Waals surface area contributed by atoms with E-state index in [-0.39, 0.29) is 137 Å². The molecule has 0 unspecified atom stereocenters. The van der Waals surface area contributed by atoms with Crippen LogP contribution in [0.4, 0.5) is 9.59 Å². The summed E-state index contributed by atoms with van der Waals surface area (Å²) >= 11 is 0. The zero-order chi connectivity index (χ0) is 104. The van der Waals surface area contributed by atoms with Crippen molar-refractivity contribution < 1.29 is 120 Å². The van der Waals surface area contributed by atoms with Crippen LogP contribution >= 0.6 is 21.6 Å². The largest absolute Gasteiger partial charge is 0.509 e. The molecule has 0 spiro atoms. The number of nitrogens with one attached hydrogen (secondary N) is 9. The van der Waals surface area contributed by atoms with Gasteiger partial charge in [-0.25, -0.2) is 19.2 Å². The molecule has 6 aliphatic rings. The molecule has 140 heavy (non-hydrogen) atoms. The van der Waals surface area contributed by atoms with E-state index in [1.54, 1.807) is 139 Å². The van der Waals surface area contributed by atoms with E-state index < -0.39 is 243 Å². The molecule has 40 heteroatoms. The Morgan fingerprint density at radius 3 is 1.79 bits per heavy atom. The molecule has 3 heterocycles. The molecule has 3 aromatic rings. The number of amides is 7. The minimum absolute atomic E-state index is 0.0152. The van der Waals surface area contributed by atoms with Gasteiger partial charge in [-0.2, -0.15) is 0 Å². The van der Waals surface area contributed by atoms with Crippen LogP contribution < -0.4 is 48.7 Å². The van der Waals surface area contributed by atoms with E-state index in [0.29, 0.717) is 29.6 Å². The Morgan fingerprint density at radius 1 is 0.707 bits per heavy atom. The number of aliphatic hydroxyl groups is 1. The summed E-state index contributed by atoms with van der Waals surface area (Å²) in [6, 6.07) is 12.8. The summed E-state index contributed by atoms with van der Waals surface area (Å²) < 4.78 is 41.9. The number of benzene rings is 3. The number of hydrogen-bond donors (Lipinski definition) is 14. The number of ether oxygens (including phenoxy) is 7. The smallest absolute Gasteiger partial charge is 0.508 e. The molecule has 3 aromatic carbocycles. The Kier molecular flexibility index (Phi) is 38.0. The van der Waals surface area contributed by atoms with Crippen LogP contribution in [0.5, 0.6) is 5.75 Å². The number of carboxylic acid groups (broad SMARTS) is 1. The highest BCUT2D eigenvalue weighted by atomic mass is 33.1. The van der Waals surface area contributed by atoms with E-state index in [4.69, 9.17) is 55.4 Å². The summed E-state index contributed by atoms with van der Waals surface area (Å²) in [4.78, 5) is 221. The Balaban J connectivity index is 0.894. The normalized spacial score (nSPS) is 24.3. The number of aliphatic carboxylic acids is 1. The number of phenolic OH excluding ortho intramolecular Hbond substituents is 1. The molecule has 3 aliphatic carbocycles. The number of nitrogens with zero attached hydrogens (tertiary/aromatic N) is 2. The van der Waals surface area contributed by atoms with Crippen molar-refractivity contribution in [1.82, 2.24) is 47.0 Å². The fourth-order valence-electron chi connectivity index (χ4n) is 20.6. The second-order valence-corrected chi connectivity index (χ2v) is 44.5.